The van der Waals surface area contributed by atoms with Gasteiger partial charge < -0.3 is 15.7 Å². The lowest BCUT2D eigenvalue weighted by Gasteiger charge is -2.35. The third-order valence-electron chi connectivity index (χ3n) is 2.01. The number of amidine groups is 1. The first kappa shape index (κ1) is 10.2. The van der Waals surface area contributed by atoms with E-state index in [1.165, 1.54) is 11.8 Å². The molecule has 0 aromatic carbocycles. The molecule has 0 spiro atoms. The topological polar surface area (TPSA) is 85.2 Å². The summed E-state index contributed by atoms with van der Waals surface area (Å²) < 4.78 is 0. The van der Waals surface area contributed by atoms with Gasteiger partial charge in [0, 0.05) is 12.1 Å². The second-order valence-corrected chi connectivity index (χ2v) is 3.81. The first-order valence-electron chi connectivity index (χ1n) is 4.00. The monoisotopic (exact) mass is 203 g/mol. The molecular weight excluding hydrogens is 190 g/mol. The number of hydrogen-bond acceptors (Lipinski definition) is 3. The van der Waals surface area contributed by atoms with Gasteiger partial charge in [-0.3, -0.25) is 5.41 Å². The van der Waals surface area contributed by atoms with Crippen LogP contribution in [-0.2, 0) is 0 Å². The van der Waals surface area contributed by atoms with Crippen molar-refractivity contribution in [3.63, 3.8) is 0 Å². The average Bonchev–Trinajstić information content (AvgIpc) is 1.99. The zero-order valence-corrected chi connectivity index (χ0v) is 8.15. The van der Waals surface area contributed by atoms with Crippen molar-refractivity contribution in [2.24, 2.45) is 0 Å². The Morgan fingerprint density at radius 2 is 2.00 bits per heavy atom. The molecule has 0 aromatic heterocycles. The predicted octanol–water partition coefficient (Wildman–Crippen LogP) is 0.672. The highest BCUT2D eigenvalue weighted by Gasteiger charge is 2.30. The maximum Gasteiger partial charge on any atom is 0.404 e. The molecule has 1 rings (SSSR count). The summed E-state index contributed by atoms with van der Waals surface area (Å²) in [7, 11) is 0. The lowest BCUT2D eigenvalue weighted by Crippen LogP contribution is -2.52. The smallest absolute Gasteiger partial charge is 0.404 e. The van der Waals surface area contributed by atoms with Gasteiger partial charge in [0.1, 0.15) is 0 Å². The van der Waals surface area contributed by atoms with Crippen molar-refractivity contribution in [3.8, 4) is 0 Å². The van der Waals surface area contributed by atoms with Crippen LogP contribution in [0.1, 0.15) is 12.8 Å². The normalized spacial score (nSPS) is 25.9. The lowest BCUT2D eigenvalue weighted by atomic mass is 9.87. The summed E-state index contributed by atoms with van der Waals surface area (Å²) >= 11 is 1.35. The Morgan fingerprint density at radius 3 is 2.46 bits per heavy atom. The van der Waals surface area contributed by atoms with Crippen molar-refractivity contribution in [2.45, 2.75) is 24.9 Å². The highest BCUT2D eigenvalue weighted by atomic mass is 32.2. The molecule has 1 amide bonds. The van der Waals surface area contributed by atoms with Gasteiger partial charge in [0.05, 0.1) is 0 Å². The summed E-state index contributed by atoms with van der Waals surface area (Å²) in [5.41, 5.74) is 0. The zero-order valence-electron chi connectivity index (χ0n) is 7.33. The maximum absolute atomic E-state index is 10.2. The third kappa shape index (κ3) is 3.14. The van der Waals surface area contributed by atoms with Crippen molar-refractivity contribution >= 4 is 23.0 Å². The van der Waals surface area contributed by atoms with Crippen LogP contribution in [0.5, 0.6) is 0 Å². The third-order valence-corrected chi connectivity index (χ3v) is 2.53. The second kappa shape index (κ2) is 4.36. The van der Waals surface area contributed by atoms with Crippen LogP contribution in [0, 0.1) is 5.41 Å². The number of hydrogen-bond donors (Lipinski definition) is 4. The van der Waals surface area contributed by atoms with Gasteiger partial charge in [0.25, 0.3) is 0 Å². The van der Waals surface area contributed by atoms with Crippen molar-refractivity contribution in [2.75, 3.05) is 6.26 Å². The standard InChI is InChI=1S/C7H13N3O2S/c1-13-6(8)9-4-2-5(3-4)10-7(11)12/h4-5,10H,2-3H2,1H3,(H2,8,9)(H,11,12)/t4-,5-. The molecule has 0 aliphatic heterocycles. The van der Waals surface area contributed by atoms with Crippen LogP contribution in [0.3, 0.4) is 0 Å². The van der Waals surface area contributed by atoms with Crippen LogP contribution in [0.25, 0.3) is 0 Å². The molecule has 74 valence electrons. The molecule has 1 aliphatic rings. The van der Waals surface area contributed by atoms with Gasteiger partial charge >= 0.3 is 6.09 Å². The van der Waals surface area contributed by atoms with Crippen molar-refractivity contribution < 1.29 is 9.90 Å². The molecule has 0 bridgehead atoms. The van der Waals surface area contributed by atoms with E-state index in [4.69, 9.17) is 10.5 Å². The first-order valence-corrected chi connectivity index (χ1v) is 5.23. The van der Waals surface area contributed by atoms with E-state index < -0.39 is 6.09 Å². The second-order valence-electron chi connectivity index (χ2n) is 2.99. The molecule has 0 radical (unpaired) electrons. The Labute approximate surface area is 80.8 Å². The van der Waals surface area contributed by atoms with Gasteiger partial charge in [-0.25, -0.2) is 4.79 Å². The van der Waals surface area contributed by atoms with E-state index in [0.717, 1.165) is 12.8 Å². The van der Waals surface area contributed by atoms with Gasteiger partial charge in [-0.15, -0.1) is 0 Å². The predicted molar refractivity (Wildman–Crippen MR) is 52.3 cm³/mol. The number of amides is 1. The Balaban J connectivity index is 2.11. The quantitative estimate of drug-likeness (QED) is 0.392. The molecule has 0 unspecified atom stereocenters. The van der Waals surface area contributed by atoms with Gasteiger partial charge in [-0.1, -0.05) is 11.8 Å². The zero-order chi connectivity index (χ0) is 9.84. The van der Waals surface area contributed by atoms with Crippen LogP contribution < -0.4 is 10.6 Å². The molecule has 6 heteroatoms. The molecule has 0 saturated heterocycles. The van der Waals surface area contributed by atoms with Crippen LogP contribution >= 0.6 is 11.8 Å². The van der Waals surface area contributed by atoms with Crippen molar-refractivity contribution in [3.05, 3.63) is 0 Å². The molecule has 13 heavy (non-hydrogen) atoms. The summed E-state index contributed by atoms with van der Waals surface area (Å²) in [5, 5.41) is 21.5. The van der Waals surface area contributed by atoms with E-state index in [9.17, 15) is 4.79 Å². The number of carbonyl (C=O) groups is 1. The van der Waals surface area contributed by atoms with E-state index >= 15 is 0 Å². The van der Waals surface area contributed by atoms with E-state index in [1.807, 2.05) is 6.26 Å². The minimum Gasteiger partial charge on any atom is -0.465 e. The molecule has 1 fully saturated rings. The Hall–Kier alpha value is -0.910. The summed E-state index contributed by atoms with van der Waals surface area (Å²) in [5.74, 6) is 0. The summed E-state index contributed by atoms with van der Waals surface area (Å²) in [4.78, 5) is 10.2. The molecule has 4 N–H and O–H groups in total. The Kier molecular flexibility index (Phi) is 3.41. The molecule has 1 saturated carbocycles. The average molecular weight is 203 g/mol. The summed E-state index contributed by atoms with van der Waals surface area (Å²) in [6, 6.07) is 0.321. The highest BCUT2D eigenvalue weighted by Crippen LogP contribution is 2.20. The van der Waals surface area contributed by atoms with Crippen molar-refractivity contribution in [1.29, 1.82) is 5.41 Å². The fraction of sp³-hybridized carbons (Fsp3) is 0.714. The number of rotatable bonds is 2. The molecule has 1 aliphatic carbocycles. The van der Waals surface area contributed by atoms with Crippen LogP contribution in [-0.4, -0.2) is 34.7 Å². The Bertz CT molecular complexity index is 216. The molecule has 0 heterocycles. The summed E-state index contributed by atoms with van der Waals surface area (Å²) in [6.45, 7) is 0. The van der Waals surface area contributed by atoms with Crippen LogP contribution in [0.2, 0.25) is 0 Å². The lowest BCUT2D eigenvalue weighted by molar-refractivity contribution is 0.176. The fourth-order valence-corrected chi connectivity index (χ4v) is 1.56. The van der Waals surface area contributed by atoms with Gasteiger partial charge in [0.15, 0.2) is 5.17 Å². The number of thioether (sulfide) groups is 1. The van der Waals surface area contributed by atoms with Crippen LogP contribution in [0.4, 0.5) is 4.79 Å². The number of carboxylic acid groups (broad SMARTS) is 1. The fourth-order valence-electron chi connectivity index (χ4n) is 1.27. The van der Waals surface area contributed by atoms with Gasteiger partial charge in [0.2, 0.25) is 0 Å². The van der Waals surface area contributed by atoms with E-state index in [2.05, 4.69) is 10.6 Å². The Morgan fingerprint density at radius 1 is 1.46 bits per heavy atom. The summed E-state index contributed by atoms with van der Waals surface area (Å²) in [6.07, 6.45) is 2.41. The molecular formula is C7H13N3O2S. The van der Waals surface area contributed by atoms with E-state index in [0.29, 0.717) is 5.17 Å². The first-order chi connectivity index (χ1) is 6.11. The van der Waals surface area contributed by atoms with Gasteiger partial charge in [-0.05, 0) is 19.1 Å². The van der Waals surface area contributed by atoms with Crippen molar-refractivity contribution in [1.82, 2.24) is 10.6 Å². The number of nitrogens with one attached hydrogen (secondary N) is 3. The van der Waals surface area contributed by atoms with Crippen LogP contribution in [0.15, 0.2) is 0 Å². The van der Waals surface area contributed by atoms with Gasteiger partial charge in [-0.2, -0.15) is 0 Å². The van der Waals surface area contributed by atoms with E-state index in [1.54, 1.807) is 0 Å². The largest absolute Gasteiger partial charge is 0.465 e. The maximum atomic E-state index is 10.2. The minimum atomic E-state index is -0.969. The highest BCUT2D eigenvalue weighted by molar-refractivity contribution is 8.13. The van der Waals surface area contributed by atoms with E-state index in [-0.39, 0.29) is 12.1 Å². The molecule has 0 aromatic rings. The minimum absolute atomic E-state index is 0.0599. The molecule has 5 nitrogen and oxygen atoms in total. The molecule has 0 atom stereocenters. The SMILES string of the molecule is CSC(=N)N[C@H]1C[C@H](NC(=O)O)C1.